The summed E-state index contributed by atoms with van der Waals surface area (Å²) in [5.41, 5.74) is 2.49. The third-order valence-corrected chi connectivity index (χ3v) is 4.05. The summed E-state index contributed by atoms with van der Waals surface area (Å²) in [4.78, 5) is 30.6. The summed E-state index contributed by atoms with van der Waals surface area (Å²) in [6.07, 6.45) is 0. The largest absolute Gasteiger partial charge is 0.336 e. The van der Waals surface area contributed by atoms with Crippen LogP contribution >= 0.6 is 11.6 Å². The zero-order chi connectivity index (χ0) is 18.8. The second-order valence-electron chi connectivity index (χ2n) is 5.98. The summed E-state index contributed by atoms with van der Waals surface area (Å²) in [7, 11) is 1.56. The molecule has 3 aromatic rings. The van der Waals surface area contributed by atoms with E-state index in [0.717, 1.165) is 0 Å². The number of anilines is 1. The molecule has 0 aliphatic rings. The van der Waals surface area contributed by atoms with Crippen LogP contribution in [0.2, 0.25) is 5.02 Å². The number of benzene rings is 1. The number of nitrogens with one attached hydrogen (secondary N) is 1. The molecule has 134 valence electrons. The lowest BCUT2D eigenvalue weighted by Crippen LogP contribution is -2.35. The first kappa shape index (κ1) is 17.9. The molecule has 0 bridgehead atoms. The highest BCUT2D eigenvalue weighted by molar-refractivity contribution is 6.30. The molecule has 2 aromatic heterocycles. The van der Waals surface area contributed by atoms with Crippen molar-refractivity contribution in [1.29, 1.82) is 0 Å². The molecule has 0 fully saturated rings. The zero-order valence-corrected chi connectivity index (χ0v) is 15.3. The number of fused-ring (bicyclic) bond motifs is 1. The summed E-state index contributed by atoms with van der Waals surface area (Å²) in [6, 6.07) is 8.47. The molecule has 1 aromatic carbocycles. The van der Waals surface area contributed by atoms with Gasteiger partial charge in [-0.3, -0.25) is 9.59 Å². The minimum absolute atomic E-state index is 0.113. The summed E-state index contributed by atoms with van der Waals surface area (Å²) >= 11 is 5.90. The van der Waals surface area contributed by atoms with Gasteiger partial charge in [0.05, 0.1) is 23.2 Å². The Kier molecular flexibility index (Phi) is 4.90. The average Bonchev–Trinajstić information content (AvgIpc) is 2.94. The molecule has 3 rings (SSSR count). The van der Waals surface area contributed by atoms with Crippen molar-refractivity contribution in [1.82, 2.24) is 15.0 Å². The first-order valence-electron chi connectivity index (χ1n) is 7.89. The van der Waals surface area contributed by atoms with Crippen LogP contribution in [0, 0.1) is 13.8 Å². The smallest absolute Gasteiger partial charge is 0.258 e. The average molecular weight is 373 g/mol. The molecule has 0 aliphatic heterocycles. The van der Waals surface area contributed by atoms with Gasteiger partial charge in [0, 0.05) is 23.5 Å². The van der Waals surface area contributed by atoms with Crippen LogP contribution in [0.1, 0.15) is 21.7 Å². The summed E-state index contributed by atoms with van der Waals surface area (Å²) in [6.45, 7) is 3.39. The normalized spacial score (nSPS) is 10.8. The standard InChI is InChI=1S/C18H17ClN4O3/c1-10-7-14(16-11(2)22-26-17(16)20-10)18(25)23(3)9-15(24)21-13-6-4-5-12(19)8-13/h4-8H,9H2,1-3H3,(H,21,24). The van der Waals surface area contributed by atoms with E-state index in [2.05, 4.69) is 15.5 Å². The van der Waals surface area contributed by atoms with E-state index in [4.69, 9.17) is 16.1 Å². The number of halogens is 1. The van der Waals surface area contributed by atoms with E-state index < -0.39 is 0 Å². The second-order valence-corrected chi connectivity index (χ2v) is 6.42. The van der Waals surface area contributed by atoms with Gasteiger partial charge in [0.2, 0.25) is 5.91 Å². The Balaban J connectivity index is 1.78. The van der Waals surface area contributed by atoms with E-state index in [-0.39, 0.29) is 18.4 Å². The first-order valence-corrected chi connectivity index (χ1v) is 8.27. The maximum absolute atomic E-state index is 12.8. The van der Waals surface area contributed by atoms with E-state index in [1.54, 1.807) is 51.2 Å². The van der Waals surface area contributed by atoms with Crippen LogP contribution in [0.3, 0.4) is 0 Å². The lowest BCUT2D eigenvalue weighted by atomic mass is 10.1. The molecular formula is C18H17ClN4O3. The van der Waals surface area contributed by atoms with Gasteiger partial charge in [-0.05, 0) is 38.1 Å². The lowest BCUT2D eigenvalue weighted by Gasteiger charge is -2.17. The summed E-state index contributed by atoms with van der Waals surface area (Å²) in [5, 5.41) is 7.66. The van der Waals surface area contributed by atoms with Crippen molar-refractivity contribution in [2.45, 2.75) is 13.8 Å². The fourth-order valence-corrected chi connectivity index (χ4v) is 2.84. The molecule has 0 radical (unpaired) electrons. The van der Waals surface area contributed by atoms with Crippen LogP contribution in [-0.4, -0.2) is 40.4 Å². The number of likely N-dealkylation sites (N-methyl/N-ethyl adjacent to an activating group) is 1. The van der Waals surface area contributed by atoms with Crippen molar-refractivity contribution >= 4 is 40.2 Å². The van der Waals surface area contributed by atoms with E-state index in [1.165, 1.54) is 4.90 Å². The van der Waals surface area contributed by atoms with Crippen LogP contribution in [0.4, 0.5) is 5.69 Å². The van der Waals surface area contributed by atoms with E-state index >= 15 is 0 Å². The molecule has 0 saturated carbocycles. The Morgan fingerprint density at radius 3 is 2.77 bits per heavy atom. The zero-order valence-electron chi connectivity index (χ0n) is 14.5. The predicted molar refractivity (Wildman–Crippen MR) is 98.3 cm³/mol. The monoisotopic (exact) mass is 372 g/mol. The van der Waals surface area contributed by atoms with Gasteiger partial charge in [-0.1, -0.05) is 22.8 Å². The third-order valence-electron chi connectivity index (χ3n) is 3.81. The highest BCUT2D eigenvalue weighted by atomic mass is 35.5. The molecule has 8 heteroatoms. The molecule has 0 saturated heterocycles. The van der Waals surface area contributed by atoms with Gasteiger partial charge in [-0.2, -0.15) is 0 Å². The van der Waals surface area contributed by atoms with Crippen LogP contribution in [-0.2, 0) is 4.79 Å². The number of hydrogen-bond donors (Lipinski definition) is 1. The Labute approximate surface area is 154 Å². The number of nitrogens with zero attached hydrogens (tertiary/aromatic N) is 3. The molecule has 0 atom stereocenters. The number of carbonyl (C=O) groups is 2. The minimum Gasteiger partial charge on any atom is -0.336 e. The SMILES string of the molecule is Cc1cc(C(=O)N(C)CC(=O)Nc2cccc(Cl)c2)c2c(C)noc2n1. The van der Waals surface area contributed by atoms with Gasteiger partial charge in [0.1, 0.15) is 0 Å². The Bertz CT molecular complexity index is 999. The molecular weight excluding hydrogens is 356 g/mol. The fraction of sp³-hybridized carbons (Fsp3) is 0.222. The van der Waals surface area contributed by atoms with E-state index in [1.807, 2.05) is 0 Å². The number of amides is 2. The van der Waals surface area contributed by atoms with Crippen molar-refractivity contribution in [3.05, 3.63) is 52.3 Å². The van der Waals surface area contributed by atoms with Gasteiger partial charge < -0.3 is 14.7 Å². The molecule has 0 aliphatic carbocycles. The number of pyridine rings is 1. The number of hydrogen-bond acceptors (Lipinski definition) is 5. The maximum atomic E-state index is 12.8. The van der Waals surface area contributed by atoms with Crippen molar-refractivity contribution < 1.29 is 14.1 Å². The molecule has 0 unspecified atom stereocenters. The highest BCUT2D eigenvalue weighted by Crippen LogP contribution is 2.23. The molecule has 2 amide bonds. The first-order chi connectivity index (χ1) is 12.3. The topological polar surface area (TPSA) is 88.3 Å². The minimum atomic E-state index is -0.327. The molecule has 26 heavy (non-hydrogen) atoms. The Morgan fingerprint density at radius 1 is 1.27 bits per heavy atom. The maximum Gasteiger partial charge on any atom is 0.258 e. The third kappa shape index (κ3) is 3.67. The Hall–Kier alpha value is -2.93. The molecule has 0 spiro atoms. The fourth-order valence-electron chi connectivity index (χ4n) is 2.65. The summed E-state index contributed by atoms with van der Waals surface area (Å²) < 4.78 is 5.15. The van der Waals surface area contributed by atoms with Crippen molar-refractivity contribution in [3.8, 4) is 0 Å². The summed E-state index contributed by atoms with van der Waals surface area (Å²) in [5.74, 6) is -0.639. The van der Waals surface area contributed by atoms with Crippen LogP contribution in [0.5, 0.6) is 0 Å². The van der Waals surface area contributed by atoms with Crippen LogP contribution < -0.4 is 5.32 Å². The Morgan fingerprint density at radius 2 is 2.04 bits per heavy atom. The van der Waals surface area contributed by atoms with Crippen LogP contribution in [0.15, 0.2) is 34.9 Å². The lowest BCUT2D eigenvalue weighted by molar-refractivity contribution is -0.116. The number of aromatic nitrogens is 2. The van der Waals surface area contributed by atoms with Crippen molar-refractivity contribution in [2.75, 3.05) is 18.9 Å². The van der Waals surface area contributed by atoms with E-state index in [0.29, 0.717) is 38.8 Å². The van der Waals surface area contributed by atoms with Gasteiger partial charge in [0.15, 0.2) is 0 Å². The highest BCUT2D eigenvalue weighted by Gasteiger charge is 2.22. The van der Waals surface area contributed by atoms with Gasteiger partial charge in [0.25, 0.3) is 11.6 Å². The molecule has 7 nitrogen and oxygen atoms in total. The van der Waals surface area contributed by atoms with E-state index in [9.17, 15) is 9.59 Å². The van der Waals surface area contributed by atoms with Gasteiger partial charge in [-0.15, -0.1) is 0 Å². The van der Waals surface area contributed by atoms with Crippen molar-refractivity contribution in [3.63, 3.8) is 0 Å². The molecule has 1 N–H and O–H groups in total. The van der Waals surface area contributed by atoms with Gasteiger partial charge >= 0.3 is 0 Å². The number of aryl methyl sites for hydroxylation is 2. The van der Waals surface area contributed by atoms with Crippen LogP contribution in [0.25, 0.3) is 11.1 Å². The van der Waals surface area contributed by atoms with Gasteiger partial charge in [-0.25, -0.2) is 4.98 Å². The second kappa shape index (κ2) is 7.13. The predicted octanol–water partition coefficient (Wildman–Crippen LogP) is 3.20. The number of carbonyl (C=O) groups excluding carboxylic acids is 2. The quantitative estimate of drug-likeness (QED) is 0.759. The van der Waals surface area contributed by atoms with Crippen molar-refractivity contribution in [2.24, 2.45) is 0 Å². The number of rotatable bonds is 4. The molecule has 2 heterocycles.